The van der Waals surface area contributed by atoms with Crippen LogP contribution in [-0.4, -0.2) is 52.1 Å². The molecule has 0 heterocycles. The second kappa shape index (κ2) is 12.4. The Balaban J connectivity index is 1.38. The number of fused-ring (bicyclic) bond motifs is 1. The van der Waals surface area contributed by atoms with Crippen molar-refractivity contribution in [1.29, 1.82) is 0 Å². The second-order valence-electron chi connectivity index (χ2n) is 10.7. The first-order valence-electron chi connectivity index (χ1n) is 13.3. The molecule has 4 aromatic carbocycles. The third kappa shape index (κ3) is 7.33. The minimum Gasteiger partial charge on any atom is -0.478 e. The lowest BCUT2D eigenvalue weighted by molar-refractivity contribution is -0.00397. The third-order valence-electron chi connectivity index (χ3n) is 6.95. The van der Waals surface area contributed by atoms with Crippen LogP contribution in [-0.2, 0) is 11.2 Å². The van der Waals surface area contributed by atoms with Crippen molar-refractivity contribution in [3.63, 3.8) is 0 Å². The highest BCUT2D eigenvalue weighted by Gasteiger charge is 2.21. The molecule has 0 saturated carbocycles. The van der Waals surface area contributed by atoms with Crippen molar-refractivity contribution in [3.8, 4) is 11.1 Å². The first kappa shape index (κ1) is 29.0. The minimum atomic E-state index is -1.20. The van der Waals surface area contributed by atoms with Gasteiger partial charge in [0.05, 0.1) is 29.9 Å². The number of carbonyl (C=O) groups is 2. The minimum absolute atomic E-state index is 0.0874. The molecule has 2 atom stereocenters. The van der Waals surface area contributed by atoms with Crippen LogP contribution in [0.2, 0.25) is 0 Å². The molecule has 0 fully saturated rings. The molecule has 0 aromatic heterocycles. The summed E-state index contributed by atoms with van der Waals surface area (Å²) < 4.78 is 6.02. The van der Waals surface area contributed by atoms with E-state index in [1.807, 2.05) is 31.2 Å². The number of ether oxygens (including phenoxy) is 1. The van der Waals surface area contributed by atoms with Gasteiger partial charge in [0.2, 0.25) is 0 Å². The fraction of sp³-hybridized carbons (Fsp3) is 0.273. The van der Waals surface area contributed by atoms with Gasteiger partial charge in [-0.25, -0.2) is 9.59 Å². The molecule has 0 aliphatic rings. The smallest absolute Gasteiger partial charge is 0.335 e. The molecule has 40 heavy (non-hydrogen) atoms. The summed E-state index contributed by atoms with van der Waals surface area (Å²) in [6.07, 6.45) is -0.388. The summed E-state index contributed by atoms with van der Waals surface area (Å²) in [4.78, 5) is 23.2. The van der Waals surface area contributed by atoms with Gasteiger partial charge in [-0.15, -0.1) is 0 Å². The maximum absolute atomic E-state index is 11.6. The standard InChI is InChI=1S/C33H35NO6/c1-21(29-10-6-7-11-30(29)25-15-26(31(36)37)17-27(16-25)32(38)39)40-20-28(35)19-34-33(2,3)18-22-12-13-23-8-4-5-9-24(23)14-22/h4-17,21,28,34-35H,18-20H2,1-3H3,(H,36,37)(H,38,39)/t21?,28-/m0/s1. The van der Waals surface area contributed by atoms with Crippen molar-refractivity contribution in [2.45, 2.75) is 44.9 Å². The van der Waals surface area contributed by atoms with E-state index in [2.05, 4.69) is 49.5 Å². The molecule has 208 valence electrons. The normalized spacial score (nSPS) is 13.2. The molecular formula is C33H35NO6. The van der Waals surface area contributed by atoms with Crippen molar-refractivity contribution in [3.05, 3.63) is 107 Å². The maximum Gasteiger partial charge on any atom is 0.335 e. The van der Waals surface area contributed by atoms with Gasteiger partial charge in [-0.3, -0.25) is 0 Å². The van der Waals surface area contributed by atoms with Crippen molar-refractivity contribution in [2.75, 3.05) is 13.2 Å². The number of aliphatic hydroxyl groups is 1. The van der Waals surface area contributed by atoms with Crippen LogP contribution in [0.15, 0.2) is 84.9 Å². The number of hydrogen-bond donors (Lipinski definition) is 4. The average Bonchev–Trinajstić information content (AvgIpc) is 2.94. The predicted molar refractivity (Wildman–Crippen MR) is 156 cm³/mol. The zero-order chi connectivity index (χ0) is 28.9. The van der Waals surface area contributed by atoms with Crippen molar-refractivity contribution >= 4 is 22.7 Å². The molecule has 1 unspecified atom stereocenters. The molecule has 0 amide bonds. The van der Waals surface area contributed by atoms with Gasteiger partial charge in [0, 0.05) is 12.1 Å². The van der Waals surface area contributed by atoms with Crippen LogP contribution in [0, 0.1) is 0 Å². The molecule has 4 rings (SSSR count). The molecule has 4 aromatic rings. The summed E-state index contributed by atoms with van der Waals surface area (Å²) in [5.74, 6) is -2.41. The summed E-state index contributed by atoms with van der Waals surface area (Å²) in [5.41, 5.74) is 2.66. The lowest BCUT2D eigenvalue weighted by Crippen LogP contribution is -2.46. The van der Waals surface area contributed by atoms with E-state index in [1.54, 1.807) is 12.1 Å². The van der Waals surface area contributed by atoms with Crippen LogP contribution < -0.4 is 5.32 Å². The summed E-state index contributed by atoms with van der Waals surface area (Å²) in [6.45, 7) is 6.49. The monoisotopic (exact) mass is 541 g/mol. The average molecular weight is 542 g/mol. The molecule has 0 aliphatic heterocycles. The highest BCUT2D eigenvalue weighted by Crippen LogP contribution is 2.31. The van der Waals surface area contributed by atoms with Crippen LogP contribution in [0.5, 0.6) is 0 Å². The summed E-state index contributed by atoms with van der Waals surface area (Å²) in [6, 6.07) is 26.1. The van der Waals surface area contributed by atoms with E-state index in [-0.39, 0.29) is 23.3 Å². The summed E-state index contributed by atoms with van der Waals surface area (Å²) in [5, 5.41) is 35.5. The van der Waals surface area contributed by atoms with E-state index in [9.17, 15) is 24.9 Å². The Morgan fingerprint density at radius 2 is 1.48 bits per heavy atom. The number of carboxylic acid groups (broad SMARTS) is 2. The van der Waals surface area contributed by atoms with Crippen molar-refractivity contribution in [2.24, 2.45) is 0 Å². The Kier molecular flexibility index (Phi) is 9.00. The predicted octanol–water partition coefficient (Wildman–Crippen LogP) is 5.95. The number of rotatable bonds is 12. The first-order valence-corrected chi connectivity index (χ1v) is 13.3. The van der Waals surface area contributed by atoms with Gasteiger partial charge >= 0.3 is 11.9 Å². The van der Waals surface area contributed by atoms with Gasteiger partial charge in [-0.2, -0.15) is 0 Å². The zero-order valence-electron chi connectivity index (χ0n) is 22.9. The third-order valence-corrected chi connectivity index (χ3v) is 6.95. The van der Waals surface area contributed by atoms with Crippen molar-refractivity contribution in [1.82, 2.24) is 5.32 Å². The molecule has 0 radical (unpaired) electrons. The number of aliphatic hydroxyl groups excluding tert-OH is 1. The van der Waals surface area contributed by atoms with Crippen molar-refractivity contribution < 1.29 is 29.6 Å². The van der Waals surface area contributed by atoms with E-state index in [0.717, 1.165) is 18.1 Å². The Bertz CT molecular complexity index is 1480. The number of aromatic carboxylic acids is 2. The largest absolute Gasteiger partial charge is 0.478 e. The van der Waals surface area contributed by atoms with Gasteiger partial charge in [0.25, 0.3) is 0 Å². The Hall–Kier alpha value is -4.04. The summed E-state index contributed by atoms with van der Waals surface area (Å²) in [7, 11) is 0. The Morgan fingerprint density at radius 1 is 0.850 bits per heavy atom. The zero-order valence-corrected chi connectivity index (χ0v) is 22.9. The highest BCUT2D eigenvalue weighted by atomic mass is 16.5. The lowest BCUT2D eigenvalue weighted by atomic mass is 9.93. The van der Waals surface area contributed by atoms with E-state index >= 15 is 0 Å². The number of hydrogen-bond acceptors (Lipinski definition) is 5. The van der Waals surface area contributed by atoms with Gasteiger partial charge < -0.3 is 25.4 Å². The second-order valence-corrected chi connectivity index (χ2v) is 10.7. The Labute approximate surface area is 234 Å². The van der Waals surface area contributed by atoms with Crippen LogP contribution in [0.3, 0.4) is 0 Å². The SMILES string of the molecule is CC(OC[C@@H](O)CNC(C)(C)Cc1ccc2ccccc2c1)c1ccccc1-c1cc(C(=O)O)cc(C(=O)O)c1. The topological polar surface area (TPSA) is 116 Å². The molecule has 0 bridgehead atoms. The quantitative estimate of drug-likeness (QED) is 0.175. The molecule has 0 spiro atoms. The molecule has 7 nitrogen and oxygen atoms in total. The lowest BCUT2D eigenvalue weighted by Gasteiger charge is -2.28. The van der Waals surface area contributed by atoms with E-state index in [1.165, 1.54) is 28.5 Å². The summed E-state index contributed by atoms with van der Waals surface area (Å²) >= 11 is 0. The number of carboxylic acids is 2. The van der Waals surface area contributed by atoms with Gasteiger partial charge in [-0.1, -0.05) is 66.7 Å². The number of β-amino-alcohol motifs (C(OH)–C–C–N with tert-alkyl or cyclic N) is 1. The molecular weight excluding hydrogens is 506 g/mol. The van der Waals surface area contributed by atoms with E-state index < -0.39 is 24.1 Å². The van der Waals surface area contributed by atoms with E-state index in [0.29, 0.717) is 17.7 Å². The molecule has 0 aliphatic carbocycles. The fourth-order valence-electron chi connectivity index (χ4n) is 4.86. The first-order chi connectivity index (χ1) is 19.0. The molecule has 7 heteroatoms. The number of benzene rings is 4. The maximum atomic E-state index is 11.6. The molecule has 4 N–H and O–H groups in total. The van der Waals surface area contributed by atoms with Gasteiger partial charge in [0.1, 0.15) is 0 Å². The van der Waals surface area contributed by atoms with Gasteiger partial charge in [0.15, 0.2) is 0 Å². The highest BCUT2D eigenvalue weighted by molar-refractivity contribution is 5.96. The van der Waals surface area contributed by atoms with Gasteiger partial charge in [-0.05, 0) is 78.4 Å². The fourth-order valence-corrected chi connectivity index (χ4v) is 4.86. The van der Waals surface area contributed by atoms with E-state index in [4.69, 9.17) is 4.74 Å². The van der Waals surface area contributed by atoms with Crippen LogP contribution in [0.4, 0.5) is 0 Å². The molecule has 0 saturated heterocycles. The number of nitrogens with one attached hydrogen (secondary N) is 1. The van der Waals surface area contributed by atoms with Crippen LogP contribution in [0.25, 0.3) is 21.9 Å². The van der Waals surface area contributed by atoms with Crippen LogP contribution >= 0.6 is 0 Å². The Morgan fingerprint density at radius 3 is 2.15 bits per heavy atom. The van der Waals surface area contributed by atoms with Crippen LogP contribution in [0.1, 0.15) is 58.7 Å².